The number of benzene rings is 2. The van der Waals surface area contributed by atoms with Crippen molar-refractivity contribution in [3.63, 3.8) is 0 Å². The van der Waals surface area contributed by atoms with E-state index in [-0.39, 0.29) is 24.8 Å². The maximum atomic E-state index is 12.2. The number of nitrogens with one attached hydrogen (secondary N) is 2. The number of amides is 2. The number of rotatable bonds is 7. The summed E-state index contributed by atoms with van der Waals surface area (Å²) in [6.45, 7) is -0.165. The maximum Gasteiger partial charge on any atom is 0.379 e. The standard InChI is InChI=1S/C22H17N3O7/c26-20(12-23-21(27)15-6-7-17-19(10-15)31-13-30-17)25-24-11-14-3-1-4-16(9-14)32-22(28)18-5-2-8-29-18/h1-11H,12-13H2,(H,23,27)(H,25,26)/b24-11+. The minimum Gasteiger partial charge on any atom is -0.457 e. The van der Waals surface area contributed by atoms with Gasteiger partial charge in [0.1, 0.15) is 5.75 Å². The van der Waals surface area contributed by atoms with Crippen LogP contribution in [0, 0.1) is 0 Å². The molecule has 32 heavy (non-hydrogen) atoms. The van der Waals surface area contributed by atoms with Crippen LogP contribution < -0.4 is 25.0 Å². The molecule has 2 aromatic carbocycles. The molecule has 0 atom stereocenters. The Morgan fingerprint density at radius 3 is 2.75 bits per heavy atom. The summed E-state index contributed by atoms with van der Waals surface area (Å²) in [6.07, 6.45) is 2.75. The highest BCUT2D eigenvalue weighted by atomic mass is 16.7. The van der Waals surface area contributed by atoms with Crippen LogP contribution in [-0.2, 0) is 4.79 Å². The van der Waals surface area contributed by atoms with Crippen molar-refractivity contribution in [1.82, 2.24) is 10.7 Å². The van der Waals surface area contributed by atoms with Crippen molar-refractivity contribution in [2.75, 3.05) is 13.3 Å². The molecule has 0 spiro atoms. The Morgan fingerprint density at radius 2 is 1.91 bits per heavy atom. The van der Waals surface area contributed by atoms with Crippen LogP contribution in [0.15, 0.2) is 70.4 Å². The average Bonchev–Trinajstić information content (AvgIpc) is 3.49. The van der Waals surface area contributed by atoms with E-state index in [1.54, 1.807) is 48.5 Å². The minimum atomic E-state index is -0.629. The van der Waals surface area contributed by atoms with Crippen molar-refractivity contribution >= 4 is 24.0 Å². The first kappa shape index (κ1) is 20.7. The van der Waals surface area contributed by atoms with E-state index in [0.29, 0.717) is 22.6 Å². The molecule has 2 amide bonds. The van der Waals surface area contributed by atoms with Gasteiger partial charge in [-0.15, -0.1) is 0 Å². The number of ether oxygens (including phenoxy) is 3. The van der Waals surface area contributed by atoms with Crippen LogP contribution in [-0.4, -0.2) is 37.3 Å². The van der Waals surface area contributed by atoms with Gasteiger partial charge in [0.15, 0.2) is 11.5 Å². The molecule has 0 aliphatic carbocycles. The zero-order valence-corrected chi connectivity index (χ0v) is 16.6. The molecular weight excluding hydrogens is 418 g/mol. The molecule has 2 N–H and O–H groups in total. The number of carbonyl (C=O) groups is 3. The molecular formula is C22H17N3O7. The van der Waals surface area contributed by atoms with Gasteiger partial charge in [0, 0.05) is 5.56 Å². The molecule has 0 fully saturated rings. The Kier molecular flexibility index (Phi) is 6.12. The molecule has 0 radical (unpaired) electrons. The summed E-state index contributed by atoms with van der Waals surface area (Å²) in [4.78, 5) is 36.0. The number of hydrogen-bond donors (Lipinski definition) is 2. The molecule has 1 aliphatic heterocycles. The highest BCUT2D eigenvalue weighted by molar-refractivity contribution is 5.97. The summed E-state index contributed by atoms with van der Waals surface area (Å²) in [5.74, 6) is -0.172. The van der Waals surface area contributed by atoms with Crippen LogP contribution in [0.4, 0.5) is 0 Å². The molecule has 0 unspecified atom stereocenters. The monoisotopic (exact) mass is 435 g/mol. The third-order valence-corrected chi connectivity index (χ3v) is 4.24. The predicted molar refractivity (Wildman–Crippen MR) is 111 cm³/mol. The fraction of sp³-hybridized carbons (Fsp3) is 0.0909. The van der Waals surface area contributed by atoms with Gasteiger partial charge in [-0.05, 0) is 48.0 Å². The molecule has 1 aliphatic rings. The Hall–Kier alpha value is -4.60. The van der Waals surface area contributed by atoms with Crippen molar-refractivity contribution < 1.29 is 33.0 Å². The molecule has 10 heteroatoms. The lowest BCUT2D eigenvalue weighted by Gasteiger charge is -2.05. The molecule has 0 saturated heterocycles. The highest BCUT2D eigenvalue weighted by Gasteiger charge is 2.16. The van der Waals surface area contributed by atoms with Gasteiger partial charge in [-0.25, -0.2) is 10.2 Å². The van der Waals surface area contributed by atoms with Crippen molar-refractivity contribution in [2.24, 2.45) is 5.10 Å². The zero-order valence-electron chi connectivity index (χ0n) is 16.6. The first-order valence-corrected chi connectivity index (χ1v) is 9.44. The van der Waals surface area contributed by atoms with E-state index in [9.17, 15) is 14.4 Å². The third kappa shape index (κ3) is 5.11. The molecule has 3 aromatic rings. The lowest BCUT2D eigenvalue weighted by Crippen LogP contribution is -2.34. The van der Waals surface area contributed by atoms with E-state index < -0.39 is 17.8 Å². The van der Waals surface area contributed by atoms with E-state index in [1.807, 2.05) is 0 Å². The second-order valence-corrected chi connectivity index (χ2v) is 6.48. The Morgan fingerprint density at radius 1 is 1.03 bits per heavy atom. The van der Waals surface area contributed by atoms with Crippen molar-refractivity contribution in [3.05, 3.63) is 77.7 Å². The van der Waals surface area contributed by atoms with E-state index in [1.165, 1.54) is 18.5 Å². The Bertz CT molecular complexity index is 1170. The fourth-order valence-electron chi connectivity index (χ4n) is 2.73. The lowest BCUT2D eigenvalue weighted by molar-refractivity contribution is -0.120. The van der Waals surface area contributed by atoms with Gasteiger partial charge in [-0.1, -0.05) is 12.1 Å². The quantitative estimate of drug-likeness (QED) is 0.252. The summed E-state index contributed by atoms with van der Waals surface area (Å²) < 4.78 is 20.6. The topological polar surface area (TPSA) is 128 Å². The zero-order chi connectivity index (χ0) is 22.3. The maximum absolute atomic E-state index is 12.2. The molecule has 0 bridgehead atoms. The predicted octanol–water partition coefficient (Wildman–Crippen LogP) is 2.11. The normalized spacial score (nSPS) is 11.9. The molecule has 162 valence electrons. The van der Waals surface area contributed by atoms with Crippen LogP contribution in [0.25, 0.3) is 0 Å². The summed E-state index contributed by atoms with van der Waals surface area (Å²) >= 11 is 0. The van der Waals surface area contributed by atoms with Gasteiger partial charge >= 0.3 is 5.97 Å². The van der Waals surface area contributed by atoms with Crippen LogP contribution >= 0.6 is 0 Å². The van der Waals surface area contributed by atoms with Gasteiger partial charge < -0.3 is 23.9 Å². The van der Waals surface area contributed by atoms with Gasteiger partial charge in [-0.3, -0.25) is 9.59 Å². The molecule has 4 rings (SSSR count). The second-order valence-electron chi connectivity index (χ2n) is 6.48. The van der Waals surface area contributed by atoms with Gasteiger partial charge in [0.2, 0.25) is 12.6 Å². The lowest BCUT2D eigenvalue weighted by atomic mass is 10.2. The van der Waals surface area contributed by atoms with E-state index in [0.717, 1.165) is 0 Å². The summed E-state index contributed by atoms with van der Waals surface area (Å²) in [6, 6.07) is 14.4. The molecule has 0 saturated carbocycles. The summed E-state index contributed by atoms with van der Waals surface area (Å²) in [5, 5.41) is 6.33. The van der Waals surface area contributed by atoms with E-state index in [2.05, 4.69) is 15.8 Å². The van der Waals surface area contributed by atoms with Crippen LogP contribution in [0.3, 0.4) is 0 Å². The third-order valence-electron chi connectivity index (χ3n) is 4.24. The minimum absolute atomic E-state index is 0.0825. The number of fused-ring (bicyclic) bond motifs is 1. The van der Waals surface area contributed by atoms with E-state index >= 15 is 0 Å². The molecule has 1 aromatic heterocycles. The first-order chi connectivity index (χ1) is 15.6. The number of hydrogen-bond acceptors (Lipinski definition) is 8. The average molecular weight is 435 g/mol. The number of carbonyl (C=O) groups excluding carboxylic acids is 3. The van der Waals surface area contributed by atoms with Gasteiger partial charge in [0.25, 0.3) is 11.8 Å². The van der Waals surface area contributed by atoms with Crippen molar-refractivity contribution in [3.8, 4) is 17.2 Å². The first-order valence-electron chi connectivity index (χ1n) is 9.44. The molecule has 10 nitrogen and oxygen atoms in total. The summed E-state index contributed by atoms with van der Waals surface area (Å²) in [5.41, 5.74) is 3.23. The van der Waals surface area contributed by atoms with Gasteiger partial charge in [0.05, 0.1) is 19.0 Å². The Labute approximate surface area is 181 Å². The highest BCUT2D eigenvalue weighted by Crippen LogP contribution is 2.32. The SMILES string of the molecule is O=C(CNC(=O)c1ccc2c(c1)OCO2)N/N=C/c1cccc(OC(=O)c2ccco2)c1. The van der Waals surface area contributed by atoms with Crippen LogP contribution in [0.2, 0.25) is 0 Å². The van der Waals surface area contributed by atoms with Crippen LogP contribution in [0.5, 0.6) is 17.2 Å². The smallest absolute Gasteiger partial charge is 0.379 e. The summed E-state index contributed by atoms with van der Waals surface area (Å²) in [7, 11) is 0. The van der Waals surface area contributed by atoms with Gasteiger partial charge in [-0.2, -0.15) is 5.10 Å². The fourth-order valence-corrected chi connectivity index (χ4v) is 2.73. The van der Waals surface area contributed by atoms with Crippen molar-refractivity contribution in [2.45, 2.75) is 0 Å². The number of hydrazone groups is 1. The van der Waals surface area contributed by atoms with E-state index in [4.69, 9.17) is 18.6 Å². The van der Waals surface area contributed by atoms with Crippen molar-refractivity contribution in [1.29, 1.82) is 0 Å². The number of nitrogens with zero attached hydrogens (tertiary/aromatic N) is 1. The number of esters is 1. The van der Waals surface area contributed by atoms with Crippen LogP contribution in [0.1, 0.15) is 26.5 Å². The largest absolute Gasteiger partial charge is 0.457 e. The number of furan rings is 1. The second kappa shape index (κ2) is 9.47. The molecule has 2 heterocycles. The Balaban J connectivity index is 1.25.